The Morgan fingerprint density at radius 2 is 1.66 bits per heavy atom. The third-order valence-corrected chi connectivity index (χ3v) is 5.16. The minimum absolute atomic E-state index is 0.0809. The van der Waals surface area contributed by atoms with Crippen LogP contribution in [-0.4, -0.2) is 23.5 Å². The second-order valence-electron chi connectivity index (χ2n) is 6.77. The van der Waals surface area contributed by atoms with Crippen LogP contribution in [-0.2, 0) is 0 Å². The maximum absolute atomic E-state index is 12.7. The molecule has 3 N–H and O–H groups in total. The molecule has 0 fully saturated rings. The molecule has 0 spiro atoms. The van der Waals surface area contributed by atoms with Crippen LogP contribution in [0, 0.1) is 0 Å². The monoisotopic (exact) mass is 511 g/mol. The number of carbonyl (C=O) groups excluding carboxylic acids is 2. The first-order valence-corrected chi connectivity index (χ1v) is 11.2. The number of anilines is 2. The molecular formula is C24H22BrN3O3S. The van der Waals surface area contributed by atoms with Crippen molar-refractivity contribution < 1.29 is 14.3 Å². The van der Waals surface area contributed by atoms with Gasteiger partial charge in [0.2, 0.25) is 0 Å². The first kappa shape index (κ1) is 23.4. The van der Waals surface area contributed by atoms with E-state index in [0.29, 0.717) is 39.3 Å². The quantitative estimate of drug-likeness (QED) is 0.359. The zero-order valence-electron chi connectivity index (χ0n) is 17.4. The van der Waals surface area contributed by atoms with Crippen LogP contribution in [0.25, 0.3) is 0 Å². The van der Waals surface area contributed by atoms with Crippen LogP contribution in [0.4, 0.5) is 11.4 Å². The van der Waals surface area contributed by atoms with Crippen molar-refractivity contribution in [3.63, 3.8) is 0 Å². The fraction of sp³-hybridized carbons (Fsp3) is 0.125. The Balaban J connectivity index is 1.65. The van der Waals surface area contributed by atoms with Crippen molar-refractivity contribution in [2.75, 3.05) is 17.2 Å². The fourth-order valence-electron chi connectivity index (χ4n) is 2.81. The Bertz CT molecular complexity index is 1120. The molecule has 164 valence electrons. The van der Waals surface area contributed by atoms with E-state index in [-0.39, 0.29) is 16.9 Å². The molecule has 32 heavy (non-hydrogen) atoms. The van der Waals surface area contributed by atoms with Gasteiger partial charge in [-0.25, -0.2) is 0 Å². The minimum atomic E-state index is -0.378. The Hall–Kier alpha value is -3.23. The second kappa shape index (κ2) is 11.4. The first-order chi connectivity index (χ1) is 15.5. The highest BCUT2D eigenvalue weighted by molar-refractivity contribution is 9.10. The number of carbonyl (C=O) groups is 2. The number of rotatable bonds is 7. The van der Waals surface area contributed by atoms with Gasteiger partial charge in [-0.2, -0.15) is 0 Å². The first-order valence-electron chi connectivity index (χ1n) is 9.98. The molecule has 0 unspecified atom stereocenters. The van der Waals surface area contributed by atoms with E-state index >= 15 is 0 Å². The van der Waals surface area contributed by atoms with Crippen LogP contribution < -0.4 is 20.7 Å². The summed E-state index contributed by atoms with van der Waals surface area (Å²) in [4.78, 5) is 25.3. The lowest BCUT2D eigenvalue weighted by atomic mass is 10.1. The number of hydrogen-bond acceptors (Lipinski definition) is 4. The van der Waals surface area contributed by atoms with Gasteiger partial charge in [-0.1, -0.05) is 37.3 Å². The number of thiocarbonyl (C=S) groups is 1. The molecule has 3 rings (SSSR count). The Kier molecular flexibility index (Phi) is 8.35. The van der Waals surface area contributed by atoms with Crippen molar-refractivity contribution in [2.45, 2.75) is 13.3 Å². The molecule has 0 heterocycles. The van der Waals surface area contributed by atoms with Crippen LogP contribution in [0.15, 0.2) is 77.3 Å². The minimum Gasteiger partial charge on any atom is -0.492 e. The molecule has 0 aliphatic heterocycles. The molecule has 3 aromatic rings. The zero-order chi connectivity index (χ0) is 22.9. The summed E-state index contributed by atoms with van der Waals surface area (Å²) in [6, 6.07) is 21.1. The number of benzene rings is 3. The number of nitrogens with one attached hydrogen (secondary N) is 3. The topological polar surface area (TPSA) is 79.5 Å². The molecule has 0 saturated carbocycles. The van der Waals surface area contributed by atoms with Gasteiger partial charge in [-0.3, -0.25) is 14.9 Å². The third-order valence-electron chi connectivity index (χ3n) is 4.33. The normalized spacial score (nSPS) is 10.2. The maximum atomic E-state index is 12.7. The predicted octanol–water partition coefficient (Wildman–Crippen LogP) is 5.62. The summed E-state index contributed by atoms with van der Waals surface area (Å²) in [5, 5.41) is 8.49. The van der Waals surface area contributed by atoms with Crippen molar-refractivity contribution in [2.24, 2.45) is 0 Å². The van der Waals surface area contributed by atoms with E-state index in [1.54, 1.807) is 54.6 Å². The molecular weight excluding hydrogens is 490 g/mol. The molecule has 0 aliphatic carbocycles. The van der Waals surface area contributed by atoms with Crippen molar-refractivity contribution in [3.8, 4) is 5.75 Å². The smallest absolute Gasteiger partial charge is 0.257 e. The summed E-state index contributed by atoms with van der Waals surface area (Å²) >= 11 is 8.71. The molecule has 0 atom stereocenters. The van der Waals surface area contributed by atoms with Crippen LogP contribution >= 0.6 is 28.1 Å². The van der Waals surface area contributed by atoms with Gasteiger partial charge in [0.15, 0.2) is 5.11 Å². The molecule has 8 heteroatoms. The van der Waals surface area contributed by atoms with Gasteiger partial charge in [-0.05, 0) is 77.0 Å². The molecule has 0 saturated heterocycles. The average molecular weight is 512 g/mol. The van der Waals surface area contributed by atoms with E-state index in [2.05, 4.69) is 31.9 Å². The Morgan fingerprint density at radius 1 is 0.938 bits per heavy atom. The highest BCUT2D eigenvalue weighted by atomic mass is 79.9. The van der Waals surface area contributed by atoms with E-state index in [4.69, 9.17) is 17.0 Å². The van der Waals surface area contributed by atoms with Crippen LogP contribution in [0.5, 0.6) is 5.75 Å². The number of amides is 2. The van der Waals surface area contributed by atoms with E-state index < -0.39 is 0 Å². The molecule has 0 aliphatic rings. The van der Waals surface area contributed by atoms with Gasteiger partial charge in [0.25, 0.3) is 11.8 Å². The molecule has 0 radical (unpaired) electrons. The highest BCUT2D eigenvalue weighted by Gasteiger charge is 2.15. The highest BCUT2D eigenvalue weighted by Crippen LogP contribution is 2.26. The fourth-order valence-corrected chi connectivity index (χ4v) is 3.51. The average Bonchev–Trinajstić information content (AvgIpc) is 2.79. The largest absolute Gasteiger partial charge is 0.492 e. The SMILES string of the molecule is CCCOc1ccc(C(=O)NC(=S)Nc2ccccc2C(=O)Nc2ccccc2)cc1Br. The Morgan fingerprint density at radius 3 is 2.38 bits per heavy atom. The van der Waals surface area contributed by atoms with Crippen LogP contribution in [0.1, 0.15) is 34.1 Å². The van der Waals surface area contributed by atoms with Crippen molar-refractivity contribution in [1.29, 1.82) is 0 Å². The Labute approximate surface area is 200 Å². The van der Waals surface area contributed by atoms with Crippen molar-refractivity contribution in [3.05, 3.63) is 88.4 Å². The van der Waals surface area contributed by atoms with Crippen LogP contribution in [0.3, 0.4) is 0 Å². The zero-order valence-corrected chi connectivity index (χ0v) is 19.8. The van der Waals surface area contributed by atoms with Gasteiger partial charge in [-0.15, -0.1) is 0 Å². The van der Waals surface area contributed by atoms with E-state index in [1.165, 1.54) is 0 Å². The summed E-state index contributed by atoms with van der Waals surface area (Å²) in [6.45, 7) is 2.61. The summed E-state index contributed by atoms with van der Waals surface area (Å²) < 4.78 is 6.29. The summed E-state index contributed by atoms with van der Waals surface area (Å²) in [7, 11) is 0. The third kappa shape index (κ3) is 6.38. The van der Waals surface area contributed by atoms with Crippen LogP contribution in [0.2, 0.25) is 0 Å². The molecule has 2 amide bonds. The van der Waals surface area contributed by atoms with Crippen molar-refractivity contribution in [1.82, 2.24) is 5.32 Å². The van der Waals surface area contributed by atoms with Gasteiger partial charge < -0.3 is 15.4 Å². The van der Waals surface area contributed by atoms with Gasteiger partial charge in [0.05, 0.1) is 22.3 Å². The maximum Gasteiger partial charge on any atom is 0.257 e. The molecule has 0 bridgehead atoms. The van der Waals surface area contributed by atoms with Crippen molar-refractivity contribution >= 4 is 56.4 Å². The number of halogens is 1. The number of hydrogen-bond donors (Lipinski definition) is 3. The predicted molar refractivity (Wildman–Crippen MR) is 134 cm³/mol. The van der Waals surface area contributed by atoms with E-state index in [9.17, 15) is 9.59 Å². The van der Waals surface area contributed by atoms with Gasteiger partial charge in [0.1, 0.15) is 5.75 Å². The van der Waals surface area contributed by atoms with Gasteiger partial charge >= 0.3 is 0 Å². The molecule has 6 nitrogen and oxygen atoms in total. The standard InChI is InChI=1S/C24H22BrN3O3S/c1-2-14-31-21-13-12-16(15-19(21)25)22(29)28-24(32)27-20-11-7-6-10-18(20)23(30)26-17-8-4-3-5-9-17/h3-13,15H,2,14H2,1H3,(H,26,30)(H2,27,28,29,32). The lowest BCUT2D eigenvalue weighted by Gasteiger charge is -2.14. The van der Waals surface area contributed by atoms with E-state index in [1.807, 2.05) is 25.1 Å². The second-order valence-corrected chi connectivity index (χ2v) is 8.03. The summed E-state index contributed by atoms with van der Waals surface area (Å²) in [6.07, 6.45) is 0.888. The summed E-state index contributed by atoms with van der Waals surface area (Å²) in [5.74, 6) is -0.000979. The number of ether oxygens (including phenoxy) is 1. The lowest BCUT2D eigenvalue weighted by Crippen LogP contribution is -2.34. The number of para-hydroxylation sites is 2. The molecule has 3 aromatic carbocycles. The summed E-state index contributed by atoms with van der Waals surface area (Å²) in [5.41, 5.74) is 1.98. The molecule has 0 aromatic heterocycles. The lowest BCUT2D eigenvalue weighted by molar-refractivity contribution is 0.0976. The van der Waals surface area contributed by atoms with E-state index in [0.717, 1.165) is 6.42 Å². The van der Waals surface area contributed by atoms with Gasteiger partial charge in [0, 0.05) is 11.3 Å².